The Hall–Kier alpha value is -1.58. The number of aliphatic carboxylic acids is 1. The summed E-state index contributed by atoms with van der Waals surface area (Å²) in [6.45, 7) is 1.67. The summed E-state index contributed by atoms with van der Waals surface area (Å²) in [6, 6.07) is 4.99. The second kappa shape index (κ2) is 4.12. The first-order chi connectivity index (χ1) is 7.58. The van der Waals surface area contributed by atoms with Crippen LogP contribution in [-0.2, 0) is 11.2 Å². The molecule has 1 aliphatic heterocycles. The summed E-state index contributed by atoms with van der Waals surface area (Å²) in [5, 5.41) is 11.9. The van der Waals surface area contributed by atoms with Crippen LogP contribution in [0.5, 0.6) is 0 Å². The molecule has 0 saturated carbocycles. The molecule has 1 heterocycles. The molecule has 1 aromatic carbocycles. The summed E-state index contributed by atoms with van der Waals surface area (Å²) in [4.78, 5) is 10.7. The molecule has 0 spiro atoms. The maximum Gasteiger partial charge on any atom is 0.306 e. The second-order valence-corrected chi connectivity index (χ2v) is 4.29. The quantitative estimate of drug-likeness (QED) is 0.826. The van der Waals surface area contributed by atoms with Crippen LogP contribution in [0, 0.1) is 11.7 Å². The molecule has 0 aliphatic carbocycles. The third-order valence-corrected chi connectivity index (χ3v) is 2.97. The molecule has 2 N–H and O–H groups in total. The fourth-order valence-corrected chi connectivity index (χ4v) is 2.09. The predicted octanol–water partition coefficient (Wildman–Crippen LogP) is 2.27. The summed E-state index contributed by atoms with van der Waals surface area (Å²) >= 11 is 0. The van der Waals surface area contributed by atoms with Crippen molar-refractivity contribution in [2.24, 2.45) is 5.92 Å². The van der Waals surface area contributed by atoms with E-state index in [2.05, 4.69) is 5.32 Å². The van der Waals surface area contributed by atoms with Crippen LogP contribution in [0.15, 0.2) is 18.2 Å². The number of rotatable bonds is 3. The molecule has 2 unspecified atom stereocenters. The van der Waals surface area contributed by atoms with Crippen LogP contribution < -0.4 is 5.32 Å². The Bertz CT molecular complexity index is 419. The van der Waals surface area contributed by atoms with E-state index >= 15 is 0 Å². The summed E-state index contributed by atoms with van der Waals surface area (Å²) in [6.07, 6.45) is 1.22. The number of nitrogens with one attached hydrogen (secondary N) is 1. The molecule has 2 atom stereocenters. The summed E-state index contributed by atoms with van der Waals surface area (Å²) in [5.74, 6) is -1.48. The van der Waals surface area contributed by atoms with E-state index in [4.69, 9.17) is 5.11 Å². The van der Waals surface area contributed by atoms with Crippen molar-refractivity contribution in [3.63, 3.8) is 0 Å². The zero-order valence-electron chi connectivity index (χ0n) is 9.03. The lowest BCUT2D eigenvalue weighted by Gasteiger charge is -2.13. The molecule has 0 saturated heterocycles. The van der Waals surface area contributed by atoms with Gasteiger partial charge in [0.25, 0.3) is 0 Å². The van der Waals surface area contributed by atoms with Gasteiger partial charge in [0.15, 0.2) is 0 Å². The smallest absolute Gasteiger partial charge is 0.306 e. The molecule has 0 radical (unpaired) electrons. The van der Waals surface area contributed by atoms with Gasteiger partial charge in [0, 0.05) is 6.04 Å². The highest BCUT2D eigenvalue weighted by Gasteiger charge is 2.26. The van der Waals surface area contributed by atoms with E-state index in [1.54, 1.807) is 13.0 Å². The molecule has 1 aromatic rings. The van der Waals surface area contributed by atoms with Crippen LogP contribution in [-0.4, -0.2) is 17.1 Å². The minimum absolute atomic E-state index is 0.0259. The number of carbonyl (C=O) groups is 1. The van der Waals surface area contributed by atoms with E-state index < -0.39 is 11.9 Å². The largest absolute Gasteiger partial charge is 0.481 e. The fourth-order valence-electron chi connectivity index (χ4n) is 2.09. The third-order valence-electron chi connectivity index (χ3n) is 2.97. The van der Waals surface area contributed by atoms with E-state index in [0.717, 1.165) is 5.56 Å². The lowest BCUT2D eigenvalue weighted by molar-refractivity contribution is -0.141. The third kappa shape index (κ3) is 2.01. The molecule has 1 aliphatic rings. The van der Waals surface area contributed by atoms with Gasteiger partial charge in [-0.1, -0.05) is 19.1 Å². The van der Waals surface area contributed by atoms with Crippen molar-refractivity contribution in [3.8, 4) is 0 Å². The van der Waals surface area contributed by atoms with Crippen LogP contribution in [0.25, 0.3) is 0 Å². The van der Waals surface area contributed by atoms with Gasteiger partial charge in [0.2, 0.25) is 0 Å². The Morgan fingerprint density at radius 1 is 1.69 bits per heavy atom. The molecule has 0 bridgehead atoms. The van der Waals surface area contributed by atoms with Gasteiger partial charge in [-0.3, -0.25) is 4.79 Å². The number of halogens is 1. The van der Waals surface area contributed by atoms with Crippen molar-refractivity contribution in [2.45, 2.75) is 25.8 Å². The maximum atomic E-state index is 13.4. The van der Waals surface area contributed by atoms with Crippen molar-refractivity contribution in [1.29, 1.82) is 0 Å². The average Bonchev–Trinajstić information content (AvgIpc) is 2.61. The number of hydrogen-bond acceptors (Lipinski definition) is 2. The molecule has 86 valence electrons. The summed E-state index contributed by atoms with van der Waals surface area (Å²) in [7, 11) is 0. The molecule has 0 aromatic heterocycles. The Balaban J connectivity index is 2.06. The Kier molecular flexibility index (Phi) is 2.81. The number of benzene rings is 1. The molecular weight excluding hydrogens is 209 g/mol. The van der Waals surface area contributed by atoms with Crippen LogP contribution in [0.4, 0.5) is 10.1 Å². The number of hydrogen-bond donors (Lipinski definition) is 2. The van der Waals surface area contributed by atoms with E-state index in [0.29, 0.717) is 18.5 Å². The van der Waals surface area contributed by atoms with Crippen molar-refractivity contribution in [2.75, 3.05) is 5.32 Å². The fraction of sp³-hybridized carbons (Fsp3) is 0.417. The molecule has 0 amide bonds. The molecular formula is C12H14FNO2. The first-order valence-electron chi connectivity index (χ1n) is 5.34. The highest BCUT2D eigenvalue weighted by Crippen LogP contribution is 2.30. The maximum absolute atomic E-state index is 13.4. The molecule has 16 heavy (non-hydrogen) atoms. The van der Waals surface area contributed by atoms with Gasteiger partial charge in [0.05, 0.1) is 11.6 Å². The number of anilines is 1. The molecule has 3 nitrogen and oxygen atoms in total. The Morgan fingerprint density at radius 2 is 2.44 bits per heavy atom. The summed E-state index contributed by atoms with van der Waals surface area (Å²) in [5.41, 5.74) is 1.47. The van der Waals surface area contributed by atoms with Crippen LogP contribution >= 0.6 is 0 Å². The van der Waals surface area contributed by atoms with Crippen LogP contribution in [0.2, 0.25) is 0 Å². The van der Waals surface area contributed by atoms with Gasteiger partial charge < -0.3 is 10.4 Å². The minimum atomic E-state index is -0.807. The number of carboxylic acids is 1. The normalized spacial score (nSPS) is 20.0. The van der Waals surface area contributed by atoms with Crippen molar-refractivity contribution < 1.29 is 14.3 Å². The van der Waals surface area contributed by atoms with Gasteiger partial charge in [-0.05, 0) is 24.5 Å². The predicted molar refractivity (Wildman–Crippen MR) is 58.9 cm³/mol. The van der Waals surface area contributed by atoms with Gasteiger partial charge in [-0.2, -0.15) is 0 Å². The van der Waals surface area contributed by atoms with Gasteiger partial charge in [-0.15, -0.1) is 0 Å². The highest BCUT2D eigenvalue weighted by molar-refractivity contribution is 5.70. The van der Waals surface area contributed by atoms with Crippen LogP contribution in [0.3, 0.4) is 0 Å². The van der Waals surface area contributed by atoms with Crippen molar-refractivity contribution in [3.05, 3.63) is 29.6 Å². The van der Waals surface area contributed by atoms with E-state index in [-0.39, 0.29) is 11.9 Å². The molecule has 4 heteroatoms. The molecule has 2 rings (SSSR count). The number of carboxylic acid groups (broad SMARTS) is 1. The van der Waals surface area contributed by atoms with E-state index in [1.165, 1.54) is 6.07 Å². The lowest BCUT2D eigenvalue weighted by Crippen LogP contribution is -2.23. The van der Waals surface area contributed by atoms with Crippen molar-refractivity contribution in [1.82, 2.24) is 0 Å². The monoisotopic (exact) mass is 223 g/mol. The van der Waals surface area contributed by atoms with Gasteiger partial charge in [-0.25, -0.2) is 4.39 Å². The SMILES string of the molecule is CC(CC1Cc2cccc(F)c2N1)C(=O)O. The lowest BCUT2D eigenvalue weighted by atomic mass is 9.99. The number of para-hydroxylation sites is 1. The Morgan fingerprint density at radius 3 is 3.06 bits per heavy atom. The highest BCUT2D eigenvalue weighted by atomic mass is 19.1. The minimum Gasteiger partial charge on any atom is -0.481 e. The number of fused-ring (bicyclic) bond motifs is 1. The van der Waals surface area contributed by atoms with Crippen molar-refractivity contribution >= 4 is 11.7 Å². The topological polar surface area (TPSA) is 49.3 Å². The van der Waals surface area contributed by atoms with E-state index in [9.17, 15) is 9.18 Å². The van der Waals surface area contributed by atoms with Gasteiger partial charge in [0.1, 0.15) is 5.82 Å². The van der Waals surface area contributed by atoms with E-state index in [1.807, 2.05) is 6.07 Å². The van der Waals surface area contributed by atoms with Gasteiger partial charge >= 0.3 is 5.97 Å². The first kappa shape index (κ1) is 10.9. The van der Waals surface area contributed by atoms with Crippen LogP contribution in [0.1, 0.15) is 18.9 Å². The second-order valence-electron chi connectivity index (χ2n) is 4.29. The standard InChI is InChI=1S/C12H14FNO2/c1-7(12(15)16)5-9-6-8-3-2-4-10(13)11(8)14-9/h2-4,7,9,14H,5-6H2,1H3,(H,15,16). The first-order valence-corrected chi connectivity index (χ1v) is 5.34. The average molecular weight is 223 g/mol. The zero-order valence-corrected chi connectivity index (χ0v) is 9.03. The Labute approximate surface area is 93.3 Å². The zero-order chi connectivity index (χ0) is 11.7. The molecule has 0 fully saturated rings. The summed E-state index contributed by atoms with van der Waals surface area (Å²) < 4.78 is 13.4.